The highest BCUT2D eigenvalue weighted by atomic mass is 35.5. The van der Waals surface area contributed by atoms with E-state index in [-0.39, 0.29) is 5.91 Å². The Labute approximate surface area is 153 Å². The Bertz CT molecular complexity index is 922. The second-order valence-electron chi connectivity index (χ2n) is 5.03. The van der Waals surface area contributed by atoms with E-state index in [1.165, 1.54) is 22.2 Å². The van der Waals surface area contributed by atoms with Crippen molar-refractivity contribution in [2.45, 2.75) is 0 Å². The van der Waals surface area contributed by atoms with Crippen LogP contribution in [0.15, 0.2) is 29.8 Å². The van der Waals surface area contributed by atoms with Crippen LogP contribution in [0.4, 0.5) is 5.69 Å². The van der Waals surface area contributed by atoms with E-state index >= 15 is 0 Å². The van der Waals surface area contributed by atoms with Gasteiger partial charge < -0.3 is 14.8 Å². The van der Waals surface area contributed by atoms with E-state index in [0.717, 1.165) is 5.56 Å². The third-order valence-electron chi connectivity index (χ3n) is 3.48. The van der Waals surface area contributed by atoms with E-state index in [0.29, 0.717) is 33.0 Å². The molecule has 0 saturated heterocycles. The number of hydrogen-bond acceptors (Lipinski definition) is 6. The van der Waals surface area contributed by atoms with Crippen LogP contribution < -0.4 is 14.8 Å². The number of nitrogens with zero attached hydrogens (tertiary/aromatic N) is 3. The fourth-order valence-electron chi connectivity index (χ4n) is 2.17. The van der Waals surface area contributed by atoms with Crippen molar-refractivity contribution in [2.75, 3.05) is 19.5 Å². The minimum Gasteiger partial charge on any atom is -0.493 e. The van der Waals surface area contributed by atoms with Crippen LogP contribution >= 0.6 is 22.9 Å². The van der Waals surface area contributed by atoms with Crippen molar-refractivity contribution < 1.29 is 14.3 Å². The largest absolute Gasteiger partial charge is 0.493 e. The molecule has 7 nitrogen and oxygen atoms in total. The van der Waals surface area contributed by atoms with Crippen molar-refractivity contribution in [1.82, 2.24) is 14.8 Å². The highest BCUT2D eigenvalue weighted by Gasteiger charge is 2.16. The molecule has 0 aliphatic rings. The number of carbonyl (C=O) groups excluding carboxylic acids is 1. The normalized spacial score (nSPS) is 10.6. The maximum absolute atomic E-state index is 12.3. The number of anilines is 1. The van der Waals surface area contributed by atoms with Crippen LogP contribution in [-0.2, 0) is 7.05 Å². The van der Waals surface area contributed by atoms with Gasteiger partial charge in [-0.3, -0.25) is 9.48 Å². The molecule has 25 heavy (non-hydrogen) atoms. The Kier molecular flexibility index (Phi) is 4.91. The molecule has 3 rings (SSSR count). The first-order valence-corrected chi connectivity index (χ1v) is 8.46. The van der Waals surface area contributed by atoms with Crippen LogP contribution in [0.3, 0.4) is 0 Å². The Morgan fingerprint density at radius 1 is 1.28 bits per heavy atom. The Balaban J connectivity index is 1.82. The number of rotatable bonds is 5. The summed E-state index contributed by atoms with van der Waals surface area (Å²) in [5, 5.41) is 9.41. The molecule has 0 aliphatic heterocycles. The summed E-state index contributed by atoms with van der Waals surface area (Å²) >= 11 is 7.41. The molecule has 1 amide bonds. The number of hydrogen-bond donors (Lipinski definition) is 1. The summed E-state index contributed by atoms with van der Waals surface area (Å²) < 4.78 is 12.0. The molecule has 0 fully saturated rings. The van der Waals surface area contributed by atoms with Crippen molar-refractivity contribution in [2.24, 2.45) is 7.05 Å². The smallest absolute Gasteiger partial charge is 0.275 e. The third-order valence-corrected chi connectivity index (χ3v) is 4.82. The van der Waals surface area contributed by atoms with Gasteiger partial charge in [0, 0.05) is 18.0 Å². The molecule has 1 aromatic carbocycles. The molecule has 1 N–H and O–H groups in total. The molecular formula is C16H15ClN4O3S. The second-order valence-corrected chi connectivity index (χ2v) is 6.25. The molecule has 0 atom stereocenters. The van der Waals surface area contributed by atoms with Crippen molar-refractivity contribution in [3.63, 3.8) is 0 Å². The number of aryl methyl sites for hydroxylation is 1. The van der Waals surface area contributed by atoms with Gasteiger partial charge in [-0.05, 0) is 18.2 Å². The van der Waals surface area contributed by atoms with Crippen LogP contribution in [0.2, 0.25) is 5.15 Å². The quantitative estimate of drug-likeness (QED) is 0.735. The highest BCUT2D eigenvalue weighted by molar-refractivity contribution is 7.13. The van der Waals surface area contributed by atoms with Gasteiger partial charge in [0.1, 0.15) is 15.9 Å². The highest BCUT2D eigenvalue weighted by Crippen LogP contribution is 2.33. The van der Waals surface area contributed by atoms with Gasteiger partial charge >= 0.3 is 0 Å². The second kappa shape index (κ2) is 7.12. The zero-order valence-corrected chi connectivity index (χ0v) is 15.3. The monoisotopic (exact) mass is 378 g/mol. The van der Waals surface area contributed by atoms with Gasteiger partial charge in [-0.15, -0.1) is 11.3 Å². The Hall–Kier alpha value is -2.58. The molecule has 0 aliphatic carbocycles. The summed E-state index contributed by atoms with van der Waals surface area (Å²) in [6, 6.07) is 5.47. The summed E-state index contributed by atoms with van der Waals surface area (Å²) in [4.78, 5) is 16.7. The SMILES string of the molecule is COc1ccc(-c2nc(C(=O)Nc3cnn(C)c3Cl)cs2)cc1OC. The standard InChI is InChI=1S/C16H15ClN4O3S/c1-21-14(17)10(7-18-21)19-15(22)11-8-25-16(20-11)9-4-5-12(23-2)13(6-9)24-3/h4-8H,1-3H3,(H,19,22). The average molecular weight is 379 g/mol. The van der Waals surface area contributed by atoms with Gasteiger partial charge in [0.15, 0.2) is 11.5 Å². The first-order valence-electron chi connectivity index (χ1n) is 7.20. The molecule has 130 valence electrons. The predicted octanol–water partition coefficient (Wildman–Crippen LogP) is 3.47. The van der Waals surface area contributed by atoms with E-state index in [9.17, 15) is 4.79 Å². The maximum Gasteiger partial charge on any atom is 0.275 e. The number of thiazole rings is 1. The minimum absolute atomic E-state index is 0.301. The first-order chi connectivity index (χ1) is 12.0. The van der Waals surface area contributed by atoms with Crippen LogP contribution in [0, 0.1) is 0 Å². The summed E-state index contributed by atoms with van der Waals surface area (Å²) in [5.41, 5.74) is 1.57. The number of ether oxygens (including phenoxy) is 2. The summed E-state index contributed by atoms with van der Waals surface area (Å²) in [5.74, 6) is 0.883. The lowest BCUT2D eigenvalue weighted by Crippen LogP contribution is -2.12. The van der Waals surface area contributed by atoms with Gasteiger partial charge in [-0.1, -0.05) is 11.6 Å². The lowest BCUT2D eigenvalue weighted by Gasteiger charge is -2.08. The minimum atomic E-state index is -0.349. The van der Waals surface area contributed by atoms with Gasteiger partial charge in [0.25, 0.3) is 5.91 Å². The molecule has 3 aromatic rings. The van der Waals surface area contributed by atoms with Crippen LogP contribution in [0.25, 0.3) is 10.6 Å². The number of amides is 1. The Morgan fingerprint density at radius 2 is 2.04 bits per heavy atom. The summed E-state index contributed by atoms with van der Waals surface area (Å²) in [7, 11) is 4.84. The number of methoxy groups -OCH3 is 2. The van der Waals surface area contributed by atoms with Crippen molar-refractivity contribution >= 4 is 34.5 Å². The molecule has 2 heterocycles. The van der Waals surface area contributed by atoms with E-state index in [2.05, 4.69) is 15.4 Å². The van der Waals surface area contributed by atoms with E-state index in [1.54, 1.807) is 32.7 Å². The molecule has 0 spiro atoms. The van der Waals surface area contributed by atoms with Gasteiger partial charge in [-0.2, -0.15) is 5.10 Å². The van der Waals surface area contributed by atoms with Gasteiger partial charge in [-0.25, -0.2) is 4.98 Å². The zero-order valence-electron chi connectivity index (χ0n) is 13.7. The predicted molar refractivity (Wildman–Crippen MR) is 96.8 cm³/mol. The molecular weight excluding hydrogens is 364 g/mol. The van der Waals surface area contributed by atoms with Crippen LogP contribution in [-0.4, -0.2) is 34.9 Å². The fraction of sp³-hybridized carbons (Fsp3) is 0.188. The molecule has 9 heteroatoms. The average Bonchev–Trinajstić information content (AvgIpc) is 3.24. The molecule has 2 aromatic heterocycles. The third kappa shape index (κ3) is 3.45. The molecule has 0 bridgehead atoms. The van der Waals surface area contributed by atoms with Crippen LogP contribution in [0.1, 0.15) is 10.5 Å². The van der Waals surface area contributed by atoms with Crippen LogP contribution in [0.5, 0.6) is 11.5 Å². The number of nitrogens with one attached hydrogen (secondary N) is 1. The van der Waals surface area contributed by atoms with E-state index in [1.807, 2.05) is 12.1 Å². The number of carbonyl (C=O) groups is 1. The van der Waals surface area contributed by atoms with E-state index < -0.39 is 0 Å². The van der Waals surface area contributed by atoms with E-state index in [4.69, 9.17) is 21.1 Å². The molecule has 0 unspecified atom stereocenters. The zero-order chi connectivity index (χ0) is 18.0. The lowest BCUT2D eigenvalue weighted by molar-refractivity contribution is 0.102. The van der Waals surface area contributed by atoms with Crippen molar-refractivity contribution in [3.05, 3.63) is 40.6 Å². The maximum atomic E-state index is 12.3. The first kappa shape index (κ1) is 17.2. The van der Waals surface area contributed by atoms with Crippen molar-refractivity contribution in [3.8, 4) is 22.1 Å². The summed E-state index contributed by atoms with van der Waals surface area (Å²) in [6.45, 7) is 0. The number of aromatic nitrogens is 3. The van der Waals surface area contributed by atoms with Gasteiger partial charge in [0.2, 0.25) is 0 Å². The topological polar surface area (TPSA) is 78.3 Å². The van der Waals surface area contributed by atoms with Gasteiger partial charge in [0.05, 0.1) is 26.1 Å². The summed E-state index contributed by atoms with van der Waals surface area (Å²) in [6.07, 6.45) is 1.49. The number of halogens is 1. The lowest BCUT2D eigenvalue weighted by atomic mass is 10.2. The molecule has 0 radical (unpaired) electrons. The molecule has 0 saturated carbocycles. The number of benzene rings is 1. The fourth-order valence-corrected chi connectivity index (χ4v) is 3.11. The van der Waals surface area contributed by atoms with Crippen molar-refractivity contribution in [1.29, 1.82) is 0 Å². The Morgan fingerprint density at radius 3 is 2.68 bits per heavy atom.